The normalized spacial score (nSPS) is 22.8. The molecule has 0 spiro atoms. The van der Waals surface area contributed by atoms with Crippen LogP contribution in [0.15, 0.2) is 72.2 Å². The molecule has 3 aliphatic rings. The van der Waals surface area contributed by atoms with E-state index in [1.807, 2.05) is 93.6 Å². The molecule has 7 rings (SSSR count). The van der Waals surface area contributed by atoms with Gasteiger partial charge in [-0.3, -0.25) is 29.0 Å². The molecule has 5 atom stereocenters. The van der Waals surface area contributed by atoms with Crippen LogP contribution in [0.25, 0.3) is 10.4 Å². The Balaban J connectivity index is 0.862. The molecule has 0 unspecified atom stereocenters. The van der Waals surface area contributed by atoms with E-state index < -0.39 is 29.5 Å². The van der Waals surface area contributed by atoms with Gasteiger partial charge < -0.3 is 35.8 Å². The summed E-state index contributed by atoms with van der Waals surface area (Å²) in [4.78, 5) is 66.4. The number of aromatic nitrogens is 1. The number of piperazine rings is 1. The summed E-state index contributed by atoms with van der Waals surface area (Å²) in [7, 11) is 0. The molecule has 386 valence electrons. The topological polar surface area (TPSA) is 200 Å². The smallest absolute Gasteiger partial charge is 0.251 e. The third-order valence-corrected chi connectivity index (χ3v) is 16.2. The number of aliphatic hydroxyl groups excluding tert-OH is 2. The molecule has 72 heavy (non-hydrogen) atoms. The van der Waals surface area contributed by atoms with Crippen molar-refractivity contribution in [2.24, 2.45) is 16.2 Å². The second kappa shape index (κ2) is 22.4. The minimum Gasteiger partial charge on any atom is -0.489 e. The molecule has 1 saturated carbocycles. The first-order chi connectivity index (χ1) is 34.0. The number of aryl methyl sites for hydroxylation is 2. The third kappa shape index (κ3) is 12.2. The second-order valence-corrected chi connectivity index (χ2v) is 23.4. The highest BCUT2D eigenvalue weighted by Crippen LogP contribution is 2.55. The maximum Gasteiger partial charge on any atom is 0.251 e. The Labute approximate surface area is 433 Å². The Morgan fingerprint density at radius 3 is 2.29 bits per heavy atom. The van der Waals surface area contributed by atoms with Gasteiger partial charge in [-0.15, -0.1) is 11.3 Å². The van der Waals surface area contributed by atoms with Gasteiger partial charge in [0.15, 0.2) is 0 Å². The van der Waals surface area contributed by atoms with Crippen LogP contribution < -0.4 is 20.7 Å². The van der Waals surface area contributed by atoms with Crippen molar-refractivity contribution in [2.75, 3.05) is 45.9 Å². The average Bonchev–Trinajstić information content (AvgIpc) is 3.96. The van der Waals surface area contributed by atoms with E-state index in [0.29, 0.717) is 41.5 Å². The van der Waals surface area contributed by atoms with Crippen molar-refractivity contribution in [3.8, 4) is 22.3 Å². The van der Waals surface area contributed by atoms with Gasteiger partial charge in [-0.1, -0.05) is 96.5 Å². The Morgan fingerprint density at radius 2 is 1.68 bits per heavy atom. The highest BCUT2D eigenvalue weighted by Gasteiger charge is 2.64. The van der Waals surface area contributed by atoms with Crippen LogP contribution in [-0.4, -0.2) is 136 Å². The van der Waals surface area contributed by atoms with Gasteiger partial charge >= 0.3 is 0 Å². The first kappa shape index (κ1) is 54.4. The maximum absolute atomic E-state index is 14.3. The number of hydrogen-bond acceptors (Lipinski definition) is 12. The zero-order valence-electron chi connectivity index (χ0n) is 43.0. The molecular formula is C55H71ClN8O7S. The SMILES string of the molecule is Cc1ncsc1-c1ccc([C@H](C)NC(=O)[C@@H]2C[C@@H](O)CN2C(=O)[C@@H](NC(=O)CN2CCN(CCCc3ccc(C(=O)NC4C(C)(C)C(Oc5ccc(C#N)c(Cl)c5)C4(C)C)cc3)[C@@H](CO)C2)C(C)(C)C)cc1. The lowest BCUT2D eigenvalue weighted by atomic mass is 9.49. The number of halogens is 1. The number of aliphatic hydroxyl groups is 2. The summed E-state index contributed by atoms with van der Waals surface area (Å²) in [5.74, 6) is -0.699. The fraction of sp³-hybridized carbons (Fsp3) is 0.527. The molecule has 3 heterocycles. The van der Waals surface area contributed by atoms with Gasteiger partial charge in [0.05, 0.1) is 52.0 Å². The van der Waals surface area contributed by atoms with Gasteiger partial charge in [-0.2, -0.15) is 5.26 Å². The first-order valence-electron chi connectivity index (χ1n) is 24.9. The van der Waals surface area contributed by atoms with Crippen LogP contribution in [-0.2, 0) is 20.8 Å². The number of β-amino-alcohol motifs (C(OH)–C–C–N with tert-alkyl or cyclic N) is 1. The van der Waals surface area contributed by atoms with Crippen molar-refractivity contribution in [3.63, 3.8) is 0 Å². The van der Waals surface area contributed by atoms with E-state index in [2.05, 4.69) is 59.6 Å². The van der Waals surface area contributed by atoms with Crippen molar-refractivity contribution in [3.05, 3.63) is 105 Å². The number of nitriles is 1. The number of benzene rings is 3. The first-order valence-corrected chi connectivity index (χ1v) is 26.2. The monoisotopic (exact) mass is 1020 g/mol. The zero-order valence-corrected chi connectivity index (χ0v) is 44.6. The fourth-order valence-corrected chi connectivity index (χ4v) is 12.1. The quantitative estimate of drug-likeness (QED) is 0.0770. The van der Waals surface area contributed by atoms with E-state index >= 15 is 0 Å². The van der Waals surface area contributed by atoms with E-state index in [9.17, 15) is 34.7 Å². The van der Waals surface area contributed by atoms with E-state index in [4.69, 9.17) is 16.3 Å². The average molecular weight is 1020 g/mol. The molecule has 1 aromatic heterocycles. The predicted octanol–water partition coefficient (Wildman–Crippen LogP) is 6.54. The summed E-state index contributed by atoms with van der Waals surface area (Å²) in [6.45, 7) is 20.1. The van der Waals surface area contributed by atoms with E-state index in [1.54, 1.807) is 29.5 Å². The highest BCUT2D eigenvalue weighted by atomic mass is 35.5. The van der Waals surface area contributed by atoms with Crippen LogP contribution in [0.3, 0.4) is 0 Å². The molecule has 4 amide bonds. The number of nitrogens with one attached hydrogen (secondary N) is 3. The van der Waals surface area contributed by atoms with Crippen LogP contribution >= 0.6 is 22.9 Å². The Bertz CT molecular complexity index is 2610. The number of likely N-dealkylation sites (tertiary alicyclic amines) is 1. The van der Waals surface area contributed by atoms with Crippen molar-refractivity contribution in [1.29, 1.82) is 5.26 Å². The van der Waals surface area contributed by atoms with Gasteiger partial charge in [-0.25, -0.2) is 4.98 Å². The fourth-order valence-electron chi connectivity index (χ4n) is 11.1. The van der Waals surface area contributed by atoms with Crippen LogP contribution in [0.2, 0.25) is 5.02 Å². The summed E-state index contributed by atoms with van der Waals surface area (Å²) in [5.41, 5.74) is 5.29. The Kier molecular flexibility index (Phi) is 16.9. The molecule has 5 N–H and O–H groups in total. The largest absolute Gasteiger partial charge is 0.489 e. The van der Waals surface area contributed by atoms with Crippen LogP contribution in [0.5, 0.6) is 5.75 Å². The second-order valence-electron chi connectivity index (χ2n) is 22.1. The highest BCUT2D eigenvalue weighted by molar-refractivity contribution is 7.13. The molecule has 0 radical (unpaired) electrons. The lowest BCUT2D eigenvalue weighted by molar-refractivity contribution is -0.164. The summed E-state index contributed by atoms with van der Waals surface area (Å²) in [6, 6.07) is 20.2. The van der Waals surface area contributed by atoms with Crippen LogP contribution in [0.1, 0.15) is 107 Å². The van der Waals surface area contributed by atoms with Gasteiger partial charge in [-0.05, 0) is 79.6 Å². The van der Waals surface area contributed by atoms with E-state index in [0.717, 1.165) is 46.6 Å². The van der Waals surface area contributed by atoms with Gasteiger partial charge in [0.2, 0.25) is 17.7 Å². The van der Waals surface area contributed by atoms with E-state index in [1.165, 1.54) is 4.90 Å². The number of carbonyl (C=O) groups is 4. The molecule has 1 aliphatic carbocycles. The van der Waals surface area contributed by atoms with Gasteiger partial charge in [0.25, 0.3) is 5.91 Å². The molecule has 3 aromatic carbocycles. The van der Waals surface area contributed by atoms with Gasteiger partial charge in [0, 0.05) is 67.1 Å². The molecule has 2 aliphatic heterocycles. The van der Waals surface area contributed by atoms with Crippen molar-refractivity contribution in [2.45, 2.75) is 124 Å². The lowest BCUT2D eigenvalue weighted by Crippen LogP contribution is -2.74. The molecule has 2 saturated heterocycles. The predicted molar refractivity (Wildman–Crippen MR) is 279 cm³/mol. The summed E-state index contributed by atoms with van der Waals surface area (Å²) < 4.78 is 6.38. The number of rotatable bonds is 17. The standard InChI is InChI=1S/C55H71ClN8O7S/c1-33(36-16-18-37(19-17-36)46-34(2)58-32-72-46)59-49(69)44-25-41(66)29-64(44)50(70)47(53(3,4)5)60-45(67)30-62-23-24-63(40(28-62)31-65)22-10-11-35-12-14-38(15-13-35)48(68)61-51-54(6,7)52(55(51,8)9)71-42-21-20-39(27-57)43(56)26-42/h12-21,26,32-33,40-41,44,47,51-52,65-66H,10-11,22-25,28-31H2,1-9H3,(H,59,69)(H,60,67)(H,61,68)/t33-,40+,41+,44-,47+,51?,52?/m0/s1. The van der Waals surface area contributed by atoms with Crippen molar-refractivity contribution < 1.29 is 34.1 Å². The lowest BCUT2D eigenvalue weighted by Gasteiger charge is -2.63. The number of carbonyl (C=O) groups excluding carboxylic acids is 4. The molecule has 15 nitrogen and oxygen atoms in total. The molecular weight excluding hydrogens is 952 g/mol. The van der Waals surface area contributed by atoms with Crippen molar-refractivity contribution >= 4 is 46.6 Å². The zero-order chi connectivity index (χ0) is 52.3. The molecule has 4 aromatic rings. The van der Waals surface area contributed by atoms with Crippen LogP contribution in [0, 0.1) is 34.5 Å². The third-order valence-electron chi connectivity index (χ3n) is 14.9. The minimum absolute atomic E-state index is 0.0187. The molecule has 3 fully saturated rings. The number of ether oxygens (including phenoxy) is 1. The number of hydrogen-bond donors (Lipinski definition) is 5. The Hall–Kier alpha value is -5.41. The van der Waals surface area contributed by atoms with Crippen LogP contribution in [0.4, 0.5) is 0 Å². The maximum atomic E-state index is 14.3. The summed E-state index contributed by atoms with van der Waals surface area (Å²) in [6.07, 6.45) is 0.608. The number of nitrogens with zero attached hydrogens (tertiary/aromatic N) is 5. The van der Waals surface area contributed by atoms with E-state index in [-0.39, 0.29) is 78.9 Å². The summed E-state index contributed by atoms with van der Waals surface area (Å²) in [5, 5.41) is 40.1. The Morgan fingerprint density at radius 1 is 0.986 bits per heavy atom. The van der Waals surface area contributed by atoms with Gasteiger partial charge in [0.1, 0.15) is 30.0 Å². The summed E-state index contributed by atoms with van der Waals surface area (Å²) >= 11 is 7.84. The number of amides is 4. The molecule has 0 bridgehead atoms. The minimum atomic E-state index is -0.957. The molecule has 17 heteroatoms. The number of thiazole rings is 1. The van der Waals surface area contributed by atoms with Crippen molar-refractivity contribution in [1.82, 2.24) is 35.6 Å².